The first-order valence-corrected chi connectivity index (χ1v) is 6.69. The van der Waals surface area contributed by atoms with E-state index in [0.29, 0.717) is 13.1 Å². The lowest BCUT2D eigenvalue weighted by atomic mass is 10.1. The second kappa shape index (κ2) is 6.69. The lowest BCUT2D eigenvalue weighted by Gasteiger charge is -2.11. The number of carbonyl (C=O) groups is 1. The molecule has 0 saturated carbocycles. The molecule has 2 amide bonds. The van der Waals surface area contributed by atoms with Crippen LogP contribution in [0.4, 0.5) is 10.5 Å². The molecule has 110 valence electrons. The van der Waals surface area contributed by atoms with E-state index in [1.165, 1.54) is 23.2 Å². The number of urea groups is 1. The zero-order chi connectivity index (χ0) is 15.2. The van der Waals surface area contributed by atoms with Crippen molar-refractivity contribution in [3.63, 3.8) is 0 Å². The van der Waals surface area contributed by atoms with Crippen LogP contribution < -0.4 is 16.2 Å². The normalized spacial score (nSPS) is 10.2. The Morgan fingerprint density at radius 1 is 1.29 bits per heavy atom. The Labute approximate surface area is 122 Å². The monoisotopic (exact) mass is 286 g/mol. The maximum absolute atomic E-state index is 11.8. The predicted octanol–water partition coefficient (Wildman–Crippen LogP) is 1.68. The molecule has 2 N–H and O–H groups in total. The van der Waals surface area contributed by atoms with Crippen molar-refractivity contribution in [1.29, 1.82) is 0 Å². The zero-order valence-corrected chi connectivity index (χ0v) is 12.1. The highest BCUT2D eigenvalue weighted by Crippen LogP contribution is 2.15. The van der Waals surface area contributed by atoms with Gasteiger partial charge < -0.3 is 10.6 Å². The number of hydrogen-bond acceptors (Lipinski definition) is 3. The summed E-state index contributed by atoms with van der Waals surface area (Å²) in [5, 5.41) is 5.50. The number of nitrogens with zero attached hydrogens (tertiary/aromatic N) is 2. The molecule has 0 fully saturated rings. The van der Waals surface area contributed by atoms with Gasteiger partial charge in [-0.15, -0.1) is 0 Å². The molecule has 0 bridgehead atoms. The average molecular weight is 286 g/mol. The van der Waals surface area contributed by atoms with E-state index in [1.807, 2.05) is 32.0 Å². The Kier molecular flexibility index (Phi) is 4.71. The van der Waals surface area contributed by atoms with Crippen LogP contribution >= 0.6 is 0 Å². The van der Waals surface area contributed by atoms with E-state index in [-0.39, 0.29) is 11.6 Å². The highest BCUT2D eigenvalue weighted by molar-refractivity contribution is 5.90. The summed E-state index contributed by atoms with van der Waals surface area (Å²) >= 11 is 0. The summed E-state index contributed by atoms with van der Waals surface area (Å²) in [6, 6.07) is 6.91. The van der Waals surface area contributed by atoms with E-state index in [0.717, 1.165) is 16.8 Å². The molecule has 21 heavy (non-hydrogen) atoms. The molecule has 0 aliphatic rings. The molecule has 2 rings (SSSR count). The SMILES string of the molecule is Cc1ccc(NC(=O)NCCn2cnccc2=O)c(C)c1. The Morgan fingerprint density at radius 2 is 2.10 bits per heavy atom. The van der Waals surface area contributed by atoms with Crippen molar-refractivity contribution < 1.29 is 4.79 Å². The van der Waals surface area contributed by atoms with E-state index >= 15 is 0 Å². The Morgan fingerprint density at radius 3 is 2.81 bits per heavy atom. The van der Waals surface area contributed by atoms with Gasteiger partial charge in [0.1, 0.15) is 0 Å². The van der Waals surface area contributed by atoms with Crippen LogP contribution in [0, 0.1) is 13.8 Å². The minimum absolute atomic E-state index is 0.137. The van der Waals surface area contributed by atoms with Crippen LogP contribution in [0.1, 0.15) is 11.1 Å². The van der Waals surface area contributed by atoms with Gasteiger partial charge in [0, 0.05) is 31.0 Å². The Balaban J connectivity index is 1.85. The van der Waals surface area contributed by atoms with Gasteiger partial charge in [0.25, 0.3) is 5.56 Å². The van der Waals surface area contributed by atoms with E-state index in [9.17, 15) is 9.59 Å². The van der Waals surface area contributed by atoms with Gasteiger partial charge >= 0.3 is 6.03 Å². The molecule has 2 aromatic rings. The van der Waals surface area contributed by atoms with Crippen molar-refractivity contribution in [2.75, 3.05) is 11.9 Å². The molecule has 0 saturated heterocycles. The Bertz CT molecular complexity index is 694. The summed E-state index contributed by atoms with van der Waals surface area (Å²) < 4.78 is 1.44. The van der Waals surface area contributed by atoms with Crippen LogP contribution in [0.25, 0.3) is 0 Å². The fourth-order valence-corrected chi connectivity index (χ4v) is 1.96. The van der Waals surface area contributed by atoms with Crippen LogP contribution in [-0.2, 0) is 6.54 Å². The first kappa shape index (κ1) is 14.8. The number of aryl methyl sites for hydroxylation is 2. The van der Waals surface area contributed by atoms with Crippen LogP contribution in [0.15, 0.2) is 41.6 Å². The second-order valence-electron chi connectivity index (χ2n) is 4.81. The molecule has 1 heterocycles. The largest absolute Gasteiger partial charge is 0.336 e. The number of rotatable bonds is 4. The number of hydrogen-bond donors (Lipinski definition) is 2. The second-order valence-corrected chi connectivity index (χ2v) is 4.81. The van der Waals surface area contributed by atoms with Crippen LogP contribution in [0.2, 0.25) is 0 Å². The number of nitrogens with one attached hydrogen (secondary N) is 2. The summed E-state index contributed by atoms with van der Waals surface area (Å²) in [6.45, 7) is 4.68. The predicted molar refractivity (Wildman–Crippen MR) is 81.4 cm³/mol. The lowest BCUT2D eigenvalue weighted by Crippen LogP contribution is -2.33. The molecule has 0 unspecified atom stereocenters. The fourth-order valence-electron chi connectivity index (χ4n) is 1.96. The maximum Gasteiger partial charge on any atom is 0.319 e. The third-order valence-corrected chi connectivity index (χ3v) is 3.06. The number of benzene rings is 1. The van der Waals surface area contributed by atoms with Gasteiger partial charge in [-0.3, -0.25) is 9.36 Å². The summed E-state index contributed by atoms with van der Waals surface area (Å²) in [5.74, 6) is 0. The van der Waals surface area contributed by atoms with Crippen molar-refractivity contribution in [1.82, 2.24) is 14.9 Å². The average Bonchev–Trinajstić information content (AvgIpc) is 2.44. The minimum Gasteiger partial charge on any atom is -0.336 e. The van der Waals surface area contributed by atoms with Gasteiger partial charge in [-0.25, -0.2) is 9.78 Å². The summed E-state index contributed by atoms with van der Waals surface area (Å²) in [7, 11) is 0. The summed E-state index contributed by atoms with van der Waals surface area (Å²) in [5.41, 5.74) is 2.79. The van der Waals surface area contributed by atoms with Crippen molar-refractivity contribution in [3.05, 3.63) is 58.3 Å². The third kappa shape index (κ3) is 4.17. The standard InChI is InChI=1S/C15H18N4O2/c1-11-3-4-13(12(2)9-11)18-15(21)17-7-8-19-10-16-6-5-14(19)20/h3-6,9-10H,7-8H2,1-2H3,(H2,17,18,21). The van der Waals surface area contributed by atoms with E-state index in [1.54, 1.807) is 0 Å². The zero-order valence-electron chi connectivity index (χ0n) is 12.1. The first-order valence-electron chi connectivity index (χ1n) is 6.69. The van der Waals surface area contributed by atoms with E-state index in [2.05, 4.69) is 15.6 Å². The Hall–Kier alpha value is -2.63. The van der Waals surface area contributed by atoms with Crippen molar-refractivity contribution in [3.8, 4) is 0 Å². The molecule has 1 aromatic carbocycles. The molecule has 0 radical (unpaired) electrons. The van der Waals surface area contributed by atoms with Crippen LogP contribution in [0.5, 0.6) is 0 Å². The molecule has 1 aromatic heterocycles. The van der Waals surface area contributed by atoms with Crippen LogP contribution in [-0.4, -0.2) is 22.1 Å². The molecule has 0 aliphatic heterocycles. The summed E-state index contributed by atoms with van der Waals surface area (Å²) in [4.78, 5) is 27.1. The van der Waals surface area contributed by atoms with Crippen LogP contribution in [0.3, 0.4) is 0 Å². The lowest BCUT2D eigenvalue weighted by molar-refractivity contribution is 0.251. The maximum atomic E-state index is 11.8. The molecular formula is C15H18N4O2. The smallest absolute Gasteiger partial charge is 0.319 e. The van der Waals surface area contributed by atoms with Gasteiger partial charge in [0.2, 0.25) is 0 Å². The van der Waals surface area contributed by atoms with Gasteiger partial charge in [-0.05, 0) is 25.5 Å². The quantitative estimate of drug-likeness (QED) is 0.898. The number of carbonyl (C=O) groups excluding carboxylic acids is 1. The molecule has 0 aliphatic carbocycles. The topological polar surface area (TPSA) is 76.0 Å². The third-order valence-electron chi connectivity index (χ3n) is 3.06. The fraction of sp³-hybridized carbons (Fsp3) is 0.267. The van der Waals surface area contributed by atoms with Crippen molar-refractivity contribution in [2.45, 2.75) is 20.4 Å². The number of anilines is 1. The van der Waals surface area contributed by atoms with Crippen molar-refractivity contribution >= 4 is 11.7 Å². The van der Waals surface area contributed by atoms with Crippen molar-refractivity contribution in [2.24, 2.45) is 0 Å². The minimum atomic E-state index is -0.293. The molecule has 6 heteroatoms. The molecular weight excluding hydrogens is 268 g/mol. The molecule has 6 nitrogen and oxygen atoms in total. The van der Waals surface area contributed by atoms with E-state index < -0.39 is 0 Å². The number of amides is 2. The van der Waals surface area contributed by atoms with Gasteiger partial charge in [0.15, 0.2) is 0 Å². The molecule has 0 spiro atoms. The first-order chi connectivity index (χ1) is 10.1. The highest BCUT2D eigenvalue weighted by atomic mass is 16.2. The number of aromatic nitrogens is 2. The van der Waals surface area contributed by atoms with E-state index in [4.69, 9.17) is 0 Å². The highest BCUT2D eigenvalue weighted by Gasteiger charge is 2.04. The van der Waals surface area contributed by atoms with Gasteiger partial charge in [0.05, 0.1) is 6.33 Å². The molecule has 0 atom stereocenters. The summed E-state index contributed by atoms with van der Waals surface area (Å²) in [6.07, 6.45) is 2.89. The van der Waals surface area contributed by atoms with Gasteiger partial charge in [-0.1, -0.05) is 17.7 Å². The van der Waals surface area contributed by atoms with Gasteiger partial charge in [-0.2, -0.15) is 0 Å².